The van der Waals surface area contributed by atoms with Crippen LogP contribution in [-0.4, -0.2) is 27.8 Å². The highest BCUT2D eigenvalue weighted by Crippen LogP contribution is 2.45. The lowest BCUT2D eigenvalue weighted by molar-refractivity contribution is -0.140. The van der Waals surface area contributed by atoms with Crippen molar-refractivity contribution in [3.63, 3.8) is 0 Å². The zero-order valence-corrected chi connectivity index (χ0v) is 12.6. The molecule has 0 unspecified atom stereocenters. The van der Waals surface area contributed by atoms with Crippen LogP contribution >= 0.6 is 0 Å². The van der Waals surface area contributed by atoms with Crippen LogP contribution in [0.5, 0.6) is 0 Å². The number of carbonyl (C=O) groups is 1. The van der Waals surface area contributed by atoms with Crippen molar-refractivity contribution in [2.24, 2.45) is 0 Å². The Balaban J connectivity index is 1.83. The number of benzene rings is 1. The van der Waals surface area contributed by atoms with Gasteiger partial charge in [-0.3, -0.25) is 4.79 Å². The quantitative estimate of drug-likeness (QED) is 0.938. The van der Waals surface area contributed by atoms with Crippen LogP contribution in [0.25, 0.3) is 0 Å². The van der Waals surface area contributed by atoms with Crippen LogP contribution < -0.4 is 0 Å². The van der Waals surface area contributed by atoms with E-state index in [-0.39, 0.29) is 11.3 Å². The van der Waals surface area contributed by atoms with E-state index in [2.05, 4.69) is 35.1 Å². The van der Waals surface area contributed by atoms with Crippen LogP contribution in [0.2, 0.25) is 0 Å². The standard InChI is InChI=1S/C17H21N3O/c1-13-5-3-6-14(11-13)17(7-4-8-17)16(21)20(2)12-15-18-9-10-19-15/h3,5-6,9-11H,4,7-8,12H2,1-2H3,(H,18,19). The van der Waals surface area contributed by atoms with E-state index in [4.69, 9.17) is 0 Å². The molecule has 110 valence electrons. The molecule has 1 aromatic carbocycles. The molecular weight excluding hydrogens is 262 g/mol. The van der Waals surface area contributed by atoms with Gasteiger partial charge in [-0.2, -0.15) is 0 Å². The van der Waals surface area contributed by atoms with Crippen LogP contribution in [-0.2, 0) is 16.8 Å². The SMILES string of the molecule is Cc1cccc(C2(C(=O)N(C)Cc3ncc[nH]3)CCC2)c1. The summed E-state index contributed by atoms with van der Waals surface area (Å²) in [5.74, 6) is 1.03. The Labute approximate surface area is 125 Å². The zero-order valence-electron chi connectivity index (χ0n) is 12.6. The number of likely N-dealkylation sites (N-methyl/N-ethyl adjacent to an activating group) is 1. The summed E-state index contributed by atoms with van der Waals surface area (Å²) in [6.45, 7) is 2.60. The molecule has 1 aliphatic carbocycles. The summed E-state index contributed by atoms with van der Waals surface area (Å²) < 4.78 is 0. The molecule has 0 radical (unpaired) electrons. The van der Waals surface area contributed by atoms with Gasteiger partial charge in [-0.15, -0.1) is 0 Å². The third-order valence-corrected chi connectivity index (χ3v) is 4.48. The van der Waals surface area contributed by atoms with Crippen LogP contribution in [0.1, 0.15) is 36.2 Å². The average Bonchev–Trinajstić information content (AvgIpc) is 2.90. The number of nitrogens with one attached hydrogen (secondary N) is 1. The van der Waals surface area contributed by atoms with E-state index in [1.807, 2.05) is 13.1 Å². The molecule has 0 spiro atoms. The van der Waals surface area contributed by atoms with Gasteiger partial charge in [0.1, 0.15) is 5.82 Å². The van der Waals surface area contributed by atoms with Gasteiger partial charge in [-0.25, -0.2) is 4.98 Å². The van der Waals surface area contributed by atoms with Gasteiger partial charge < -0.3 is 9.88 Å². The second-order valence-corrected chi connectivity index (χ2v) is 6.00. The third-order valence-electron chi connectivity index (χ3n) is 4.48. The molecule has 0 atom stereocenters. The lowest BCUT2D eigenvalue weighted by Crippen LogP contribution is -2.49. The number of aromatic amines is 1. The maximum Gasteiger partial charge on any atom is 0.233 e. The number of aromatic nitrogens is 2. The van der Waals surface area contributed by atoms with Crippen LogP contribution in [0, 0.1) is 6.92 Å². The molecule has 0 saturated heterocycles. The molecule has 3 rings (SSSR count). The molecular formula is C17H21N3O. The predicted octanol–water partition coefficient (Wildman–Crippen LogP) is 2.80. The predicted molar refractivity (Wildman–Crippen MR) is 81.8 cm³/mol. The fourth-order valence-corrected chi connectivity index (χ4v) is 3.15. The van der Waals surface area contributed by atoms with Gasteiger partial charge in [0.05, 0.1) is 12.0 Å². The summed E-state index contributed by atoms with van der Waals surface area (Å²) in [5, 5.41) is 0. The van der Waals surface area contributed by atoms with E-state index in [0.717, 1.165) is 30.7 Å². The van der Waals surface area contributed by atoms with E-state index in [9.17, 15) is 4.79 Å². The second kappa shape index (κ2) is 5.35. The topological polar surface area (TPSA) is 49.0 Å². The Morgan fingerprint density at radius 3 is 2.81 bits per heavy atom. The second-order valence-electron chi connectivity index (χ2n) is 6.00. The Hall–Kier alpha value is -2.10. The maximum atomic E-state index is 13.0. The molecule has 1 aromatic heterocycles. The van der Waals surface area contributed by atoms with E-state index in [0.29, 0.717) is 6.54 Å². The maximum absolute atomic E-state index is 13.0. The highest BCUT2D eigenvalue weighted by Gasteiger charge is 2.47. The first kappa shape index (κ1) is 13.9. The molecule has 1 aliphatic rings. The molecule has 4 nitrogen and oxygen atoms in total. The first-order valence-corrected chi connectivity index (χ1v) is 7.43. The number of imidazole rings is 1. The fraction of sp³-hybridized carbons (Fsp3) is 0.412. The number of hydrogen-bond donors (Lipinski definition) is 1. The van der Waals surface area contributed by atoms with Crippen LogP contribution in [0.15, 0.2) is 36.7 Å². The highest BCUT2D eigenvalue weighted by molar-refractivity contribution is 5.89. The first-order valence-electron chi connectivity index (χ1n) is 7.43. The molecule has 21 heavy (non-hydrogen) atoms. The molecule has 1 amide bonds. The van der Waals surface area contributed by atoms with Crippen molar-refractivity contribution in [2.45, 2.75) is 38.1 Å². The summed E-state index contributed by atoms with van der Waals surface area (Å²) in [4.78, 5) is 22.0. The van der Waals surface area contributed by atoms with Crippen molar-refractivity contribution in [1.29, 1.82) is 0 Å². The lowest BCUT2D eigenvalue weighted by atomic mass is 9.63. The molecule has 4 heteroatoms. The fourth-order valence-electron chi connectivity index (χ4n) is 3.15. The molecule has 1 N–H and O–H groups in total. The van der Waals surface area contributed by atoms with Crippen molar-refractivity contribution in [1.82, 2.24) is 14.9 Å². The molecule has 1 fully saturated rings. The van der Waals surface area contributed by atoms with Gasteiger partial charge in [0, 0.05) is 19.4 Å². The molecule has 0 bridgehead atoms. The largest absolute Gasteiger partial charge is 0.347 e. The summed E-state index contributed by atoms with van der Waals surface area (Å²) in [6, 6.07) is 8.36. The lowest BCUT2D eigenvalue weighted by Gasteiger charge is -2.43. The minimum Gasteiger partial charge on any atom is -0.347 e. The van der Waals surface area contributed by atoms with E-state index >= 15 is 0 Å². The minimum absolute atomic E-state index is 0.204. The van der Waals surface area contributed by atoms with Crippen molar-refractivity contribution < 1.29 is 4.79 Å². The van der Waals surface area contributed by atoms with Crippen molar-refractivity contribution in [3.8, 4) is 0 Å². The Bertz CT molecular complexity index is 629. The van der Waals surface area contributed by atoms with E-state index in [1.54, 1.807) is 17.3 Å². The summed E-state index contributed by atoms with van der Waals surface area (Å²) in [6.07, 6.45) is 6.50. The summed E-state index contributed by atoms with van der Waals surface area (Å²) in [5.41, 5.74) is 2.04. The van der Waals surface area contributed by atoms with Crippen molar-refractivity contribution in [3.05, 3.63) is 53.6 Å². The number of carbonyl (C=O) groups excluding carboxylic acids is 1. The van der Waals surface area contributed by atoms with Crippen LogP contribution in [0.3, 0.4) is 0 Å². The monoisotopic (exact) mass is 283 g/mol. The van der Waals surface area contributed by atoms with Crippen molar-refractivity contribution in [2.75, 3.05) is 7.05 Å². The number of amides is 1. The van der Waals surface area contributed by atoms with Crippen LogP contribution in [0.4, 0.5) is 0 Å². The number of nitrogens with zero attached hydrogens (tertiary/aromatic N) is 2. The number of aryl methyl sites for hydroxylation is 1. The number of H-pyrrole nitrogens is 1. The minimum atomic E-state index is -0.326. The molecule has 2 aromatic rings. The third kappa shape index (κ3) is 2.46. The van der Waals surface area contributed by atoms with Gasteiger partial charge in [0.2, 0.25) is 5.91 Å². The molecule has 0 aliphatic heterocycles. The van der Waals surface area contributed by atoms with Gasteiger partial charge in [0.15, 0.2) is 0 Å². The smallest absolute Gasteiger partial charge is 0.233 e. The van der Waals surface area contributed by atoms with Gasteiger partial charge >= 0.3 is 0 Å². The van der Waals surface area contributed by atoms with E-state index < -0.39 is 0 Å². The highest BCUT2D eigenvalue weighted by atomic mass is 16.2. The zero-order chi connectivity index (χ0) is 14.9. The Kier molecular flexibility index (Phi) is 3.53. The normalized spacial score (nSPS) is 16.3. The van der Waals surface area contributed by atoms with Crippen molar-refractivity contribution >= 4 is 5.91 Å². The number of rotatable bonds is 4. The molecule has 1 heterocycles. The average molecular weight is 283 g/mol. The van der Waals surface area contributed by atoms with Gasteiger partial charge in [-0.1, -0.05) is 36.2 Å². The number of hydrogen-bond acceptors (Lipinski definition) is 2. The Morgan fingerprint density at radius 1 is 1.43 bits per heavy atom. The summed E-state index contributed by atoms with van der Waals surface area (Å²) >= 11 is 0. The summed E-state index contributed by atoms with van der Waals surface area (Å²) in [7, 11) is 1.86. The first-order chi connectivity index (χ1) is 10.1. The molecule has 1 saturated carbocycles. The van der Waals surface area contributed by atoms with Gasteiger partial charge in [-0.05, 0) is 25.3 Å². The Morgan fingerprint density at radius 2 is 2.24 bits per heavy atom. The van der Waals surface area contributed by atoms with E-state index in [1.165, 1.54) is 5.56 Å². The van der Waals surface area contributed by atoms with Gasteiger partial charge in [0.25, 0.3) is 0 Å².